The molecule has 4 nitrogen and oxygen atoms in total. The highest BCUT2D eigenvalue weighted by Gasteiger charge is 2.16. The van der Waals surface area contributed by atoms with Gasteiger partial charge < -0.3 is 15.0 Å². The molecule has 4 heteroatoms. The number of carbonyl (C=O) groups is 1. The van der Waals surface area contributed by atoms with Gasteiger partial charge in [-0.1, -0.05) is 6.92 Å². The summed E-state index contributed by atoms with van der Waals surface area (Å²) in [5, 5.41) is 3.24. The standard InChI is InChI=1S/C12H22N2O2/c1-3-8-14-9-5-11(6-10-14)13-7-4-12(15)16-2/h4,7,11,13H,3,5-6,8-10H2,1-2H3/b7-4+. The van der Waals surface area contributed by atoms with E-state index in [2.05, 4.69) is 21.9 Å². The van der Waals surface area contributed by atoms with Crippen LogP contribution in [0.15, 0.2) is 12.3 Å². The number of likely N-dealkylation sites (tertiary alicyclic amines) is 1. The lowest BCUT2D eigenvalue weighted by atomic mass is 10.1. The Morgan fingerprint density at radius 2 is 2.19 bits per heavy atom. The molecule has 1 heterocycles. The van der Waals surface area contributed by atoms with E-state index in [1.807, 2.05) is 0 Å². The molecule has 0 amide bonds. The predicted octanol–water partition coefficient (Wildman–Crippen LogP) is 1.14. The molecule has 92 valence electrons. The number of hydrogen-bond acceptors (Lipinski definition) is 4. The minimum Gasteiger partial charge on any atom is -0.466 e. The fourth-order valence-electron chi connectivity index (χ4n) is 1.96. The molecule has 1 aliphatic rings. The van der Waals surface area contributed by atoms with E-state index in [0.29, 0.717) is 6.04 Å². The number of esters is 1. The van der Waals surface area contributed by atoms with Crippen LogP contribution in [0.5, 0.6) is 0 Å². The van der Waals surface area contributed by atoms with E-state index in [0.717, 1.165) is 25.9 Å². The van der Waals surface area contributed by atoms with Crippen molar-refractivity contribution in [3.05, 3.63) is 12.3 Å². The summed E-state index contributed by atoms with van der Waals surface area (Å²) in [7, 11) is 1.38. The van der Waals surface area contributed by atoms with Crippen molar-refractivity contribution in [2.24, 2.45) is 0 Å². The monoisotopic (exact) mass is 226 g/mol. The van der Waals surface area contributed by atoms with E-state index in [1.54, 1.807) is 6.20 Å². The molecule has 1 fully saturated rings. The second-order valence-corrected chi connectivity index (χ2v) is 4.14. The molecule has 1 rings (SSSR count). The largest absolute Gasteiger partial charge is 0.466 e. The Morgan fingerprint density at radius 1 is 1.50 bits per heavy atom. The maximum atomic E-state index is 10.8. The third-order valence-corrected chi connectivity index (χ3v) is 2.88. The number of hydrogen-bond donors (Lipinski definition) is 1. The van der Waals surface area contributed by atoms with Gasteiger partial charge in [0.15, 0.2) is 0 Å². The summed E-state index contributed by atoms with van der Waals surface area (Å²) in [6, 6.07) is 0.494. The Labute approximate surface area is 97.6 Å². The maximum Gasteiger partial charge on any atom is 0.331 e. The summed E-state index contributed by atoms with van der Waals surface area (Å²) in [4.78, 5) is 13.3. The van der Waals surface area contributed by atoms with Gasteiger partial charge in [-0.3, -0.25) is 0 Å². The topological polar surface area (TPSA) is 41.6 Å². The van der Waals surface area contributed by atoms with Crippen LogP contribution >= 0.6 is 0 Å². The summed E-state index contributed by atoms with van der Waals surface area (Å²) in [6.45, 7) is 5.71. The smallest absolute Gasteiger partial charge is 0.331 e. The van der Waals surface area contributed by atoms with Crippen molar-refractivity contribution >= 4 is 5.97 Å². The normalized spacial score (nSPS) is 18.9. The number of nitrogens with one attached hydrogen (secondary N) is 1. The average molecular weight is 226 g/mol. The summed E-state index contributed by atoms with van der Waals surface area (Å²) < 4.78 is 4.51. The summed E-state index contributed by atoms with van der Waals surface area (Å²) in [6.07, 6.45) is 6.64. The molecular formula is C12H22N2O2. The highest BCUT2D eigenvalue weighted by Crippen LogP contribution is 2.10. The maximum absolute atomic E-state index is 10.8. The van der Waals surface area contributed by atoms with E-state index in [9.17, 15) is 4.79 Å². The van der Waals surface area contributed by atoms with Crippen molar-refractivity contribution in [1.29, 1.82) is 0 Å². The quantitative estimate of drug-likeness (QED) is 0.564. The molecule has 0 atom stereocenters. The first kappa shape index (κ1) is 13.0. The van der Waals surface area contributed by atoms with Gasteiger partial charge in [-0.25, -0.2) is 4.79 Å². The third-order valence-electron chi connectivity index (χ3n) is 2.88. The molecule has 1 saturated heterocycles. The molecule has 1 N–H and O–H groups in total. The van der Waals surface area contributed by atoms with Crippen LogP contribution in [-0.2, 0) is 9.53 Å². The van der Waals surface area contributed by atoms with E-state index in [1.165, 1.54) is 26.2 Å². The van der Waals surface area contributed by atoms with Crippen molar-refractivity contribution in [2.75, 3.05) is 26.7 Å². The number of methoxy groups -OCH3 is 1. The van der Waals surface area contributed by atoms with Crippen molar-refractivity contribution in [2.45, 2.75) is 32.2 Å². The van der Waals surface area contributed by atoms with Crippen LogP contribution in [-0.4, -0.2) is 43.7 Å². The number of piperidine rings is 1. The first-order chi connectivity index (χ1) is 7.76. The molecule has 0 radical (unpaired) electrons. The van der Waals surface area contributed by atoms with Crippen molar-refractivity contribution < 1.29 is 9.53 Å². The summed E-state index contributed by atoms with van der Waals surface area (Å²) in [5.74, 6) is -0.309. The molecular weight excluding hydrogens is 204 g/mol. The van der Waals surface area contributed by atoms with E-state index >= 15 is 0 Å². The van der Waals surface area contributed by atoms with Crippen LogP contribution in [0.25, 0.3) is 0 Å². The Morgan fingerprint density at radius 3 is 2.75 bits per heavy atom. The van der Waals surface area contributed by atoms with Crippen LogP contribution < -0.4 is 5.32 Å². The second-order valence-electron chi connectivity index (χ2n) is 4.14. The number of carbonyl (C=O) groups excluding carboxylic acids is 1. The fraction of sp³-hybridized carbons (Fsp3) is 0.750. The first-order valence-corrected chi connectivity index (χ1v) is 5.99. The Kier molecular flexibility index (Phi) is 5.93. The third kappa shape index (κ3) is 4.66. The van der Waals surface area contributed by atoms with Gasteiger partial charge in [0.1, 0.15) is 0 Å². The van der Waals surface area contributed by atoms with Crippen molar-refractivity contribution in [3.8, 4) is 0 Å². The van der Waals surface area contributed by atoms with Gasteiger partial charge >= 0.3 is 5.97 Å². The number of rotatable bonds is 5. The molecule has 0 aromatic carbocycles. The van der Waals surface area contributed by atoms with Gasteiger partial charge in [0.05, 0.1) is 7.11 Å². The van der Waals surface area contributed by atoms with Gasteiger partial charge in [0.2, 0.25) is 0 Å². The second kappa shape index (κ2) is 7.28. The van der Waals surface area contributed by atoms with E-state index < -0.39 is 0 Å². The lowest BCUT2D eigenvalue weighted by molar-refractivity contribution is -0.134. The minimum atomic E-state index is -0.309. The molecule has 0 aliphatic carbocycles. The first-order valence-electron chi connectivity index (χ1n) is 5.99. The molecule has 0 aromatic heterocycles. The molecule has 0 bridgehead atoms. The molecule has 1 aliphatic heterocycles. The van der Waals surface area contributed by atoms with Crippen molar-refractivity contribution in [1.82, 2.24) is 10.2 Å². The molecule has 0 unspecified atom stereocenters. The zero-order valence-electron chi connectivity index (χ0n) is 10.2. The molecule has 16 heavy (non-hydrogen) atoms. The van der Waals surface area contributed by atoms with Gasteiger partial charge in [-0.05, 0) is 25.8 Å². The van der Waals surface area contributed by atoms with Gasteiger partial charge in [0, 0.05) is 31.4 Å². The van der Waals surface area contributed by atoms with Crippen molar-refractivity contribution in [3.63, 3.8) is 0 Å². The van der Waals surface area contributed by atoms with Crippen LogP contribution in [0.3, 0.4) is 0 Å². The van der Waals surface area contributed by atoms with Crippen LogP contribution in [0, 0.1) is 0 Å². The van der Waals surface area contributed by atoms with Crippen LogP contribution in [0.1, 0.15) is 26.2 Å². The van der Waals surface area contributed by atoms with Crippen LogP contribution in [0.2, 0.25) is 0 Å². The molecule has 0 spiro atoms. The number of nitrogens with zero attached hydrogens (tertiary/aromatic N) is 1. The minimum absolute atomic E-state index is 0.309. The van der Waals surface area contributed by atoms with E-state index in [4.69, 9.17) is 0 Å². The molecule has 0 saturated carbocycles. The van der Waals surface area contributed by atoms with E-state index in [-0.39, 0.29) is 5.97 Å². The van der Waals surface area contributed by atoms with Gasteiger partial charge in [-0.2, -0.15) is 0 Å². The number of ether oxygens (including phenoxy) is 1. The zero-order valence-corrected chi connectivity index (χ0v) is 10.2. The Bertz CT molecular complexity index is 233. The predicted molar refractivity (Wildman–Crippen MR) is 64.0 cm³/mol. The fourth-order valence-corrected chi connectivity index (χ4v) is 1.96. The highest BCUT2D eigenvalue weighted by atomic mass is 16.5. The molecule has 0 aromatic rings. The average Bonchev–Trinajstić information content (AvgIpc) is 2.31. The zero-order chi connectivity index (χ0) is 11.8. The summed E-state index contributed by atoms with van der Waals surface area (Å²) >= 11 is 0. The van der Waals surface area contributed by atoms with Gasteiger partial charge in [-0.15, -0.1) is 0 Å². The SMILES string of the molecule is CCCN1CCC(N/C=C/C(=O)OC)CC1. The lowest BCUT2D eigenvalue weighted by Gasteiger charge is -2.31. The van der Waals surface area contributed by atoms with Crippen LogP contribution in [0.4, 0.5) is 0 Å². The Hall–Kier alpha value is -1.03. The Balaban J connectivity index is 2.17. The van der Waals surface area contributed by atoms with Gasteiger partial charge in [0.25, 0.3) is 0 Å². The highest BCUT2D eigenvalue weighted by molar-refractivity contribution is 5.81. The lowest BCUT2D eigenvalue weighted by Crippen LogP contribution is -2.41. The summed E-state index contributed by atoms with van der Waals surface area (Å²) in [5.41, 5.74) is 0.